The molecule has 3 atom stereocenters. The van der Waals surface area contributed by atoms with Gasteiger partial charge in [-0.3, -0.25) is 0 Å². The first-order chi connectivity index (χ1) is 9.81. The highest BCUT2D eigenvalue weighted by atomic mass is 16.2. The molecule has 2 aliphatic carbocycles. The Morgan fingerprint density at radius 1 is 1.33 bits per heavy atom. The molecule has 1 N–H and O–H groups in total. The zero-order chi connectivity index (χ0) is 15.7. The highest BCUT2D eigenvalue weighted by molar-refractivity contribution is 5.18. The van der Waals surface area contributed by atoms with E-state index in [-0.39, 0.29) is 6.61 Å². The molecule has 2 aliphatic rings. The largest absolute Gasteiger partial charge is 0.392 e. The van der Waals surface area contributed by atoms with Crippen molar-refractivity contribution in [3.63, 3.8) is 0 Å². The zero-order valence-electron chi connectivity index (χ0n) is 14.7. The third-order valence-electron chi connectivity index (χ3n) is 6.56. The lowest BCUT2D eigenvalue weighted by molar-refractivity contribution is -0.0390. The molecule has 0 spiro atoms. The van der Waals surface area contributed by atoms with Crippen molar-refractivity contribution < 1.29 is 5.11 Å². The molecule has 0 bridgehead atoms. The van der Waals surface area contributed by atoms with Crippen molar-refractivity contribution in [1.29, 1.82) is 0 Å². The van der Waals surface area contributed by atoms with Crippen molar-refractivity contribution in [2.75, 3.05) is 6.61 Å². The molecule has 0 radical (unpaired) electrons. The third-order valence-corrected chi connectivity index (χ3v) is 6.56. The summed E-state index contributed by atoms with van der Waals surface area (Å²) in [5.74, 6) is 1.55. The Bertz CT molecular complexity index is 429. The van der Waals surface area contributed by atoms with E-state index in [1.807, 2.05) is 6.08 Å². The summed E-state index contributed by atoms with van der Waals surface area (Å²) in [7, 11) is 0. The van der Waals surface area contributed by atoms with Crippen LogP contribution in [-0.4, -0.2) is 11.7 Å². The number of aliphatic hydroxyl groups excluding tert-OH is 1. The van der Waals surface area contributed by atoms with Crippen LogP contribution in [0.1, 0.15) is 73.1 Å². The second-order valence-electron chi connectivity index (χ2n) is 8.41. The Balaban J connectivity index is 2.20. The van der Waals surface area contributed by atoms with Crippen LogP contribution in [0.15, 0.2) is 23.3 Å². The van der Waals surface area contributed by atoms with E-state index in [2.05, 4.69) is 40.7 Å². The lowest BCUT2D eigenvalue weighted by Crippen LogP contribution is -2.48. The molecule has 2 rings (SSSR count). The molecule has 1 heteroatoms. The van der Waals surface area contributed by atoms with E-state index in [9.17, 15) is 0 Å². The van der Waals surface area contributed by atoms with E-state index in [4.69, 9.17) is 5.11 Å². The zero-order valence-corrected chi connectivity index (χ0v) is 14.7. The number of rotatable bonds is 4. The van der Waals surface area contributed by atoms with E-state index < -0.39 is 0 Å². The monoisotopic (exact) mass is 290 g/mol. The number of aliphatic hydroxyl groups is 1. The van der Waals surface area contributed by atoms with Gasteiger partial charge in [0.15, 0.2) is 0 Å². The second kappa shape index (κ2) is 6.28. The summed E-state index contributed by atoms with van der Waals surface area (Å²) in [4.78, 5) is 0. The van der Waals surface area contributed by atoms with Crippen LogP contribution in [0.4, 0.5) is 0 Å². The van der Waals surface area contributed by atoms with Crippen LogP contribution >= 0.6 is 0 Å². The van der Waals surface area contributed by atoms with Crippen LogP contribution < -0.4 is 0 Å². The van der Waals surface area contributed by atoms with Gasteiger partial charge in [0.2, 0.25) is 0 Å². The van der Waals surface area contributed by atoms with Gasteiger partial charge in [-0.25, -0.2) is 0 Å². The van der Waals surface area contributed by atoms with Crippen LogP contribution in [-0.2, 0) is 0 Å². The van der Waals surface area contributed by atoms with Crippen molar-refractivity contribution in [2.24, 2.45) is 22.7 Å². The smallest absolute Gasteiger partial charge is 0.0614 e. The van der Waals surface area contributed by atoms with Gasteiger partial charge in [-0.2, -0.15) is 0 Å². The number of hydrogen-bond donors (Lipinski definition) is 1. The molecule has 21 heavy (non-hydrogen) atoms. The van der Waals surface area contributed by atoms with Crippen molar-refractivity contribution in [1.82, 2.24) is 0 Å². The Hall–Kier alpha value is -0.560. The van der Waals surface area contributed by atoms with Crippen molar-refractivity contribution in [2.45, 2.75) is 73.1 Å². The van der Waals surface area contributed by atoms with Crippen molar-refractivity contribution >= 4 is 0 Å². The van der Waals surface area contributed by atoms with Crippen molar-refractivity contribution in [3.8, 4) is 0 Å². The molecule has 0 heterocycles. The average molecular weight is 290 g/mol. The summed E-state index contributed by atoms with van der Waals surface area (Å²) < 4.78 is 0. The van der Waals surface area contributed by atoms with Crippen LogP contribution in [0.5, 0.6) is 0 Å². The highest BCUT2D eigenvalue weighted by Gasteiger charge is 2.51. The lowest BCUT2D eigenvalue weighted by atomic mass is 9.48. The summed E-state index contributed by atoms with van der Waals surface area (Å²) in [5, 5.41) is 9.04. The topological polar surface area (TPSA) is 20.2 Å². The van der Waals surface area contributed by atoms with E-state index in [0.717, 1.165) is 18.3 Å². The van der Waals surface area contributed by atoms with E-state index >= 15 is 0 Å². The standard InChI is InChI=1S/C20H34O/c1-15(11-14-21)7-9-17-16(2)8-10-18-19(3,4)12-6-13-20(17,18)5/h8,11,17-18,21H,6-7,9-10,12-14H2,1-5H3/b15-11+/t17-,18-,20+/m1/s1. The molecule has 0 aromatic heterocycles. The summed E-state index contributed by atoms with van der Waals surface area (Å²) in [6.45, 7) is 12.2. The van der Waals surface area contributed by atoms with Gasteiger partial charge < -0.3 is 5.11 Å². The van der Waals surface area contributed by atoms with Gasteiger partial charge in [0.25, 0.3) is 0 Å². The predicted molar refractivity (Wildman–Crippen MR) is 91.2 cm³/mol. The second-order valence-corrected chi connectivity index (χ2v) is 8.41. The third kappa shape index (κ3) is 3.28. The lowest BCUT2D eigenvalue weighted by Gasteiger charge is -2.57. The minimum Gasteiger partial charge on any atom is -0.392 e. The number of fused-ring (bicyclic) bond motifs is 1. The molecule has 0 unspecified atom stereocenters. The van der Waals surface area contributed by atoms with Crippen LogP contribution in [0.2, 0.25) is 0 Å². The van der Waals surface area contributed by atoms with Gasteiger partial charge in [0.1, 0.15) is 0 Å². The maximum absolute atomic E-state index is 9.04. The Labute approximate surface area is 131 Å². The predicted octanol–water partition coefficient (Wildman–Crippen LogP) is 5.50. The number of allylic oxidation sites excluding steroid dienone is 3. The molecule has 120 valence electrons. The summed E-state index contributed by atoms with van der Waals surface area (Å²) >= 11 is 0. The first-order valence-electron chi connectivity index (χ1n) is 8.74. The van der Waals surface area contributed by atoms with E-state index in [1.165, 1.54) is 37.7 Å². The SMILES string of the molecule is CC1=CC[C@@H]2C(C)(C)CCC[C@@]2(C)[C@@H]1CC/C(C)=C/CO. The van der Waals surface area contributed by atoms with Gasteiger partial charge in [-0.15, -0.1) is 0 Å². The van der Waals surface area contributed by atoms with Gasteiger partial charge >= 0.3 is 0 Å². The van der Waals surface area contributed by atoms with Gasteiger partial charge in [0, 0.05) is 0 Å². The fourth-order valence-corrected chi connectivity index (χ4v) is 5.32. The maximum atomic E-state index is 9.04. The van der Waals surface area contributed by atoms with Gasteiger partial charge in [-0.05, 0) is 68.6 Å². The van der Waals surface area contributed by atoms with Crippen LogP contribution in [0.3, 0.4) is 0 Å². The molecule has 1 saturated carbocycles. The first kappa shape index (κ1) is 16.8. The fraction of sp³-hybridized carbons (Fsp3) is 0.800. The molecule has 0 aromatic carbocycles. The molecular weight excluding hydrogens is 256 g/mol. The van der Waals surface area contributed by atoms with Crippen LogP contribution in [0.25, 0.3) is 0 Å². The first-order valence-corrected chi connectivity index (χ1v) is 8.74. The van der Waals surface area contributed by atoms with Crippen LogP contribution in [0, 0.1) is 22.7 Å². The van der Waals surface area contributed by atoms with E-state index in [1.54, 1.807) is 5.57 Å². The molecule has 0 amide bonds. The fourth-order valence-electron chi connectivity index (χ4n) is 5.32. The van der Waals surface area contributed by atoms with E-state index in [0.29, 0.717) is 10.8 Å². The quantitative estimate of drug-likeness (QED) is 0.677. The van der Waals surface area contributed by atoms with Crippen molar-refractivity contribution in [3.05, 3.63) is 23.3 Å². The number of hydrogen-bond acceptors (Lipinski definition) is 1. The Kier molecular flexibility index (Phi) is 5.03. The normalized spacial score (nSPS) is 36.1. The molecule has 0 aliphatic heterocycles. The Morgan fingerprint density at radius 2 is 2.05 bits per heavy atom. The average Bonchev–Trinajstić information content (AvgIpc) is 2.37. The molecule has 0 saturated heterocycles. The van der Waals surface area contributed by atoms with Gasteiger partial charge in [0.05, 0.1) is 6.61 Å². The maximum Gasteiger partial charge on any atom is 0.0614 e. The molecule has 1 nitrogen and oxygen atoms in total. The minimum absolute atomic E-state index is 0.179. The summed E-state index contributed by atoms with van der Waals surface area (Å²) in [6.07, 6.45) is 12.3. The minimum atomic E-state index is 0.179. The summed E-state index contributed by atoms with van der Waals surface area (Å²) in [5.41, 5.74) is 3.91. The molecule has 1 fully saturated rings. The summed E-state index contributed by atoms with van der Waals surface area (Å²) in [6, 6.07) is 0. The molecular formula is C20H34O. The highest BCUT2D eigenvalue weighted by Crippen LogP contribution is 2.60. The molecule has 0 aromatic rings. The Morgan fingerprint density at radius 3 is 2.71 bits per heavy atom. The van der Waals surface area contributed by atoms with Gasteiger partial charge in [-0.1, -0.05) is 50.5 Å².